The molecule has 156 valence electrons. The zero-order valence-electron chi connectivity index (χ0n) is 16.7. The quantitative estimate of drug-likeness (QED) is 0.663. The maximum absolute atomic E-state index is 12.8. The molecule has 0 radical (unpaired) electrons. The number of hydrogen-bond acceptors (Lipinski definition) is 6. The van der Waals surface area contributed by atoms with E-state index in [0.717, 1.165) is 37.2 Å². The normalized spacial score (nSPS) is 27.4. The number of nitrogens with zero attached hydrogens (tertiary/aromatic N) is 2. The van der Waals surface area contributed by atoms with E-state index in [0.29, 0.717) is 37.0 Å². The van der Waals surface area contributed by atoms with E-state index < -0.39 is 6.04 Å². The largest absolute Gasteiger partial charge is 0.384 e. The van der Waals surface area contributed by atoms with Crippen LogP contribution in [-0.2, 0) is 27.4 Å². The lowest BCUT2D eigenvalue weighted by atomic mass is 10.0. The van der Waals surface area contributed by atoms with Crippen molar-refractivity contribution in [1.29, 1.82) is 0 Å². The smallest absolute Gasteiger partial charge is 0.255 e. The minimum atomic E-state index is -0.578. The van der Waals surface area contributed by atoms with E-state index in [9.17, 15) is 14.4 Å². The second kappa shape index (κ2) is 8.22. The molecule has 3 aliphatic heterocycles. The lowest BCUT2D eigenvalue weighted by Gasteiger charge is -2.29. The molecule has 8 nitrogen and oxygen atoms in total. The van der Waals surface area contributed by atoms with Crippen LogP contribution < -0.4 is 11.1 Å². The van der Waals surface area contributed by atoms with Crippen LogP contribution >= 0.6 is 0 Å². The molecule has 0 bridgehead atoms. The number of rotatable bonds is 6. The maximum atomic E-state index is 12.8. The molecule has 3 atom stereocenters. The number of methoxy groups -OCH3 is 1. The predicted octanol–water partition coefficient (Wildman–Crippen LogP) is 0.243. The second-order valence-electron chi connectivity index (χ2n) is 8.27. The average molecular weight is 400 g/mol. The van der Waals surface area contributed by atoms with Gasteiger partial charge in [0.05, 0.1) is 6.61 Å². The van der Waals surface area contributed by atoms with Crippen molar-refractivity contribution in [2.75, 3.05) is 26.8 Å². The molecule has 0 saturated carbocycles. The van der Waals surface area contributed by atoms with Crippen LogP contribution in [0, 0.1) is 5.92 Å². The molecule has 0 aromatic heterocycles. The Morgan fingerprint density at radius 2 is 2.10 bits per heavy atom. The summed E-state index contributed by atoms with van der Waals surface area (Å²) in [4.78, 5) is 40.4. The van der Waals surface area contributed by atoms with Crippen molar-refractivity contribution in [2.45, 2.75) is 44.4 Å². The monoisotopic (exact) mass is 400 g/mol. The Kier molecular flexibility index (Phi) is 5.67. The van der Waals surface area contributed by atoms with E-state index in [-0.39, 0.29) is 24.1 Å². The fourth-order valence-electron chi connectivity index (χ4n) is 4.85. The molecule has 0 spiro atoms. The summed E-state index contributed by atoms with van der Waals surface area (Å²) in [5, 5.41) is 2.34. The lowest BCUT2D eigenvalue weighted by Crippen LogP contribution is -2.52. The van der Waals surface area contributed by atoms with Crippen molar-refractivity contribution < 1.29 is 19.1 Å². The van der Waals surface area contributed by atoms with Crippen molar-refractivity contribution in [3.05, 3.63) is 34.9 Å². The summed E-state index contributed by atoms with van der Waals surface area (Å²) in [5.41, 5.74) is 8.69. The Balaban J connectivity index is 1.46. The Hall–Kier alpha value is -2.29. The van der Waals surface area contributed by atoms with Crippen LogP contribution in [0.2, 0.25) is 0 Å². The van der Waals surface area contributed by atoms with E-state index in [1.807, 2.05) is 12.1 Å². The summed E-state index contributed by atoms with van der Waals surface area (Å²) in [6.07, 6.45) is 1.68. The van der Waals surface area contributed by atoms with Crippen molar-refractivity contribution in [2.24, 2.45) is 11.7 Å². The Morgan fingerprint density at radius 1 is 1.28 bits per heavy atom. The Labute approximate surface area is 170 Å². The molecule has 1 unspecified atom stereocenters. The zero-order valence-corrected chi connectivity index (χ0v) is 16.7. The van der Waals surface area contributed by atoms with Crippen LogP contribution in [0.25, 0.3) is 0 Å². The van der Waals surface area contributed by atoms with Gasteiger partial charge in [0.25, 0.3) is 5.91 Å². The summed E-state index contributed by atoms with van der Waals surface area (Å²) in [7, 11) is 1.73. The first-order valence-corrected chi connectivity index (χ1v) is 10.2. The molecule has 3 heterocycles. The molecule has 8 heteroatoms. The molecular formula is C21H28N4O4. The highest BCUT2D eigenvalue weighted by molar-refractivity contribution is 6.05. The van der Waals surface area contributed by atoms with Gasteiger partial charge in [-0.25, -0.2) is 0 Å². The summed E-state index contributed by atoms with van der Waals surface area (Å²) in [6.45, 7) is 3.50. The van der Waals surface area contributed by atoms with Gasteiger partial charge in [-0.15, -0.1) is 0 Å². The fraction of sp³-hybridized carbons (Fsp3) is 0.571. The second-order valence-corrected chi connectivity index (χ2v) is 8.27. The molecule has 1 aromatic carbocycles. The van der Waals surface area contributed by atoms with Crippen molar-refractivity contribution in [3.8, 4) is 0 Å². The van der Waals surface area contributed by atoms with Gasteiger partial charge in [-0.05, 0) is 36.0 Å². The zero-order chi connectivity index (χ0) is 20.5. The highest BCUT2D eigenvalue weighted by Crippen LogP contribution is 2.30. The van der Waals surface area contributed by atoms with Crippen molar-refractivity contribution in [3.63, 3.8) is 0 Å². The van der Waals surface area contributed by atoms with Crippen LogP contribution in [0.15, 0.2) is 18.2 Å². The van der Waals surface area contributed by atoms with Gasteiger partial charge >= 0.3 is 0 Å². The SMILES string of the molecule is COC[C@H]1C[C@@H](CN)N(Cc2ccc3c(c2)CN(C2CCC(=O)NC2=O)C3=O)C1. The Morgan fingerprint density at radius 3 is 2.83 bits per heavy atom. The number of benzene rings is 1. The van der Waals surface area contributed by atoms with Crippen molar-refractivity contribution in [1.82, 2.24) is 15.1 Å². The summed E-state index contributed by atoms with van der Waals surface area (Å²) in [6, 6.07) is 5.67. The summed E-state index contributed by atoms with van der Waals surface area (Å²) >= 11 is 0. The Bertz CT molecular complexity index is 827. The van der Waals surface area contributed by atoms with E-state index >= 15 is 0 Å². The third-order valence-electron chi connectivity index (χ3n) is 6.26. The number of carbonyl (C=O) groups excluding carboxylic acids is 3. The highest BCUT2D eigenvalue weighted by Gasteiger charge is 2.39. The van der Waals surface area contributed by atoms with E-state index in [2.05, 4.69) is 16.3 Å². The minimum absolute atomic E-state index is 0.137. The first-order valence-electron chi connectivity index (χ1n) is 10.2. The van der Waals surface area contributed by atoms with Crippen LogP contribution in [0.1, 0.15) is 40.7 Å². The molecule has 1 aromatic rings. The molecular weight excluding hydrogens is 372 g/mol. The molecule has 4 rings (SSSR count). The van der Waals surface area contributed by atoms with E-state index in [1.54, 1.807) is 12.0 Å². The topological polar surface area (TPSA) is 105 Å². The third kappa shape index (κ3) is 3.92. The van der Waals surface area contributed by atoms with Gasteiger partial charge in [0.1, 0.15) is 6.04 Å². The molecule has 2 saturated heterocycles. The highest BCUT2D eigenvalue weighted by atomic mass is 16.5. The third-order valence-corrected chi connectivity index (χ3v) is 6.26. The summed E-state index contributed by atoms with van der Waals surface area (Å²) in [5.74, 6) is -0.297. The standard InChI is InChI=1S/C21H28N4O4/c1-29-12-14-7-16(8-22)24(10-14)9-13-2-3-17-15(6-13)11-25(21(17)28)18-4-5-19(26)23-20(18)27/h2-3,6,14,16,18H,4-5,7-12,22H2,1H3,(H,23,26,27)/t14-,16-,18?/m0/s1. The van der Waals surface area contributed by atoms with Crippen LogP contribution in [0.3, 0.4) is 0 Å². The number of fused-ring (bicyclic) bond motifs is 1. The number of ether oxygens (including phenoxy) is 1. The van der Waals surface area contributed by atoms with E-state index in [4.69, 9.17) is 10.5 Å². The van der Waals surface area contributed by atoms with E-state index in [1.165, 1.54) is 0 Å². The van der Waals surface area contributed by atoms with Gasteiger partial charge in [-0.3, -0.25) is 24.6 Å². The number of nitrogens with one attached hydrogen (secondary N) is 1. The van der Waals surface area contributed by atoms with Gasteiger partial charge in [0, 0.05) is 51.3 Å². The number of nitrogens with two attached hydrogens (primary N) is 1. The van der Waals surface area contributed by atoms with Gasteiger partial charge < -0.3 is 15.4 Å². The van der Waals surface area contributed by atoms with Crippen LogP contribution in [0.5, 0.6) is 0 Å². The predicted molar refractivity (Wildman–Crippen MR) is 106 cm³/mol. The molecule has 3 N–H and O–H groups in total. The number of imide groups is 1. The van der Waals surface area contributed by atoms with Crippen LogP contribution in [0.4, 0.5) is 0 Å². The molecule has 2 fully saturated rings. The molecule has 3 aliphatic rings. The number of carbonyl (C=O) groups is 3. The summed E-state index contributed by atoms with van der Waals surface area (Å²) < 4.78 is 5.31. The number of likely N-dealkylation sites (tertiary alicyclic amines) is 1. The number of piperidine rings is 1. The number of amides is 3. The number of hydrogen-bond donors (Lipinski definition) is 2. The molecule has 29 heavy (non-hydrogen) atoms. The van der Waals surface area contributed by atoms with Gasteiger partial charge in [-0.1, -0.05) is 12.1 Å². The van der Waals surface area contributed by atoms with Gasteiger partial charge in [0.2, 0.25) is 11.8 Å². The fourth-order valence-corrected chi connectivity index (χ4v) is 4.85. The van der Waals surface area contributed by atoms with Crippen LogP contribution in [-0.4, -0.2) is 66.4 Å². The van der Waals surface area contributed by atoms with Gasteiger partial charge in [0.15, 0.2) is 0 Å². The minimum Gasteiger partial charge on any atom is -0.384 e. The average Bonchev–Trinajstić information content (AvgIpc) is 3.22. The van der Waals surface area contributed by atoms with Crippen molar-refractivity contribution >= 4 is 17.7 Å². The molecule has 0 aliphatic carbocycles. The first kappa shape index (κ1) is 20.0. The lowest BCUT2D eigenvalue weighted by molar-refractivity contribution is -0.136. The molecule has 3 amide bonds. The van der Waals surface area contributed by atoms with Gasteiger partial charge in [-0.2, -0.15) is 0 Å². The maximum Gasteiger partial charge on any atom is 0.255 e. The first-order chi connectivity index (χ1) is 14.0.